The summed E-state index contributed by atoms with van der Waals surface area (Å²) in [6, 6.07) is 53.5. The molecule has 71 heavy (non-hydrogen) atoms. The molecule has 8 aromatic rings. The minimum Gasteiger partial charge on any atom is -0.481 e. The van der Waals surface area contributed by atoms with Crippen LogP contribution in [0.3, 0.4) is 0 Å². The zero-order valence-electron chi connectivity index (χ0n) is 40.6. The average Bonchev–Trinajstić information content (AvgIpc) is 3.99. The van der Waals surface area contributed by atoms with Gasteiger partial charge in [-0.05, 0) is 59.4 Å². The maximum atomic E-state index is 13.5. The van der Waals surface area contributed by atoms with E-state index in [4.69, 9.17) is 19.3 Å². The van der Waals surface area contributed by atoms with E-state index in [1.165, 1.54) is 7.11 Å². The van der Waals surface area contributed by atoms with Crippen molar-refractivity contribution in [2.75, 3.05) is 21.3 Å². The molecule has 0 amide bonds. The van der Waals surface area contributed by atoms with Gasteiger partial charge in [-0.15, -0.1) is 5.10 Å². The molecule has 12 nitrogen and oxygen atoms in total. The molecule has 1 aliphatic heterocycles. The fraction of sp³-hybridized carbons (Fsp3) is 0.237. The van der Waals surface area contributed by atoms with Crippen LogP contribution in [0.1, 0.15) is 88.9 Å². The summed E-state index contributed by atoms with van der Waals surface area (Å²) in [6.45, 7) is 4.04. The number of aliphatic hydroxyl groups is 1. The van der Waals surface area contributed by atoms with Crippen LogP contribution in [0.4, 0.5) is 0 Å². The normalized spacial score (nSPS) is 13.0. The lowest BCUT2D eigenvalue weighted by Gasteiger charge is -2.36. The van der Waals surface area contributed by atoms with E-state index in [1.54, 1.807) is 40.5 Å². The monoisotopic (exact) mass is 947 g/mol. The maximum absolute atomic E-state index is 13.5. The number of ketones is 2. The number of fused-ring (bicyclic) bond motifs is 2. The van der Waals surface area contributed by atoms with Crippen molar-refractivity contribution in [3.05, 3.63) is 227 Å². The van der Waals surface area contributed by atoms with Gasteiger partial charge in [0.25, 0.3) is 0 Å². The van der Waals surface area contributed by atoms with Crippen molar-refractivity contribution in [3.8, 4) is 5.88 Å². The molecule has 5 aromatic carbocycles. The molecule has 1 N–H and O–H groups in total. The summed E-state index contributed by atoms with van der Waals surface area (Å²) in [5, 5.41) is 16.3. The second-order valence-electron chi connectivity index (χ2n) is 18.0. The van der Waals surface area contributed by atoms with E-state index in [0.29, 0.717) is 24.0 Å². The Kier molecular flexibility index (Phi) is 15.4. The molecule has 3 aromatic heterocycles. The Morgan fingerprint density at radius 2 is 1.13 bits per heavy atom. The smallest absolute Gasteiger partial charge is 0.313 e. The van der Waals surface area contributed by atoms with Crippen LogP contribution in [0.2, 0.25) is 0 Å². The van der Waals surface area contributed by atoms with E-state index in [-0.39, 0.29) is 43.2 Å². The van der Waals surface area contributed by atoms with Gasteiger partial charge in [0, 0.05) is 55.4 Å². The number of hydrogen-bond acceptors (Lipinski definition) is 11. The number of carbonyl (C=O) groups is 3. The highest BCUT2D eigenvalue weighted by molar-refractivity contribution is 5.97. The number of methoxy groups -OCH3 is 3. The van der Waals surface area contributed by atoms with Crippen LogP contribution in [0.5, 0.6) is 5.88 Å². The Morgan fingerprint density at radius 3 is 1.63 bits per heavy atom. The van der Waals surface area contributed by atoms with Gasteiger partial charge in [0.05, 0.1) is 55.9 Å². The summed E-state index contributed by atoms with van der Waals surface area (Å²) < 4.78 is 18.0. The van der Waals surface area contributed by atoms with Gasteiger partial charge >= 0.3 is 5.97 Å². The van der Waals surface area contributed by atoms with E-state index < -0.39 is 23.0 Å². The lowest BCUT2D eigenvalue weighted by Crippen LogP contribution is -2.38. The van der Waals surface area contributed by atoms with Gasteiger partial charge in [0.2, 0.25) is 11.8 Å². The summed E-state index contributed by atoms with van der Waals surface area (Å²) in [6.07, 6.45) is 3.99. The van der Waals surface area contributed by atoms with Crippen molar-refractivity contribution in [2.45, 2.75) is 69.1 Å². The third-order valence-corrected chi connectivity index (χ3v) is 12.9. The maximum Gasteiger partial charge on any atom is 0.313 e. The second-order valence-corrected chi connectivity index (χ2v) is 18.0. The molecule has 4 heterocycles. The molecule has 0 fully saturated rings. The predicted molar refractivity (Wildman–Crippen MR) is 274 cm³/mol. The zero-order chi connectivity index (χ0) is 50.0. The first kappa shape index (κ1) is 49.3. The van der Waals surface area contributed by atoms with Crippen LogP contribution >= 0.6 is 0 Å². The van der Waals surface area contributed by atoms with Crippen molar-refractivity contribution in [1.82, 2.24) is 19.7 Å². The lowest BCUT2D eigenvalue weighted by molar-refractivity contribution is -0.144. The van der Waals surface area contributed by atoms with Gasteiger partial charge in [0.15, 0.2) is 0 Å². The summed E-state index contributed by atoms with van der Waals surface area (Å²) in [5.74, 6) is -0.444. The first-order chi connectivity index (χ1) is 34.4. The van der Waals surface area contributed by atoms with E-state index in [0.717, 1.165) is 55.5 Å². The van der Waals surface area contributed by atoms with E-state index in [9.17, 15) is 19.5 Å². The quantitative estimate of drug-likeness (QED) is 0.0689. The number of aliphatic imine (C=N–C) groups is 1. The van der Waals surface area contributed by atoms with Crippen molar-refractivity contribution < 1.29 is 33.7 Å². The number of nitrogens with zero attached hydrogens (tertiary/aromatic N) is 5. The van der Waals surface area contributed by atoms with Crippen molar-refractivity contribution in [1.29, 1.82) is 0 Å². The topological polar surface area (TPSA) is 155 Å². The fourth-order valence-corrected chi connectivity index (χ4v) is 9.45. The van der Waals surface area contributed by atoms with E-state index >= 15 is 0 Å². The minimum absolute atomic E-state index is 0.000963. The molecule has 0 radical (unpaired) electrons. The average molecular weight is 948 g/mol. The highest BCUT2D eigenvalue weighted by atomic mass is 16.5. The summed E-state index contributed by atoms with van der Waals surface area (Å²) in [7, 11) is 4.52. The molecule has 1 aliphatic rings. The van der Waals surface area contributed by atoms with E-state index in [1.807, 2.05) is 132 Å². The SMILES string of the molecule is COC(=O)[C@@H](CC(=O)Cc1cc2c(cn1)c(OC)nn2C(c1ccccc1)(c1ccccc1)c1ccccc1)c1ccccc1.COC1=NCc2cc(CC(=O)C[C@@H](c3ccccc3)C(C)(C)O)ncc21. The van der Waals surface area contributed by atoms with Gasteiger partial charge in [0.1, 0.15) is 17.1 Å². The predicted octanol–water partition coefficient (Wildman–Crippen LogP) is 9.78. The number of rotatable bonds is 17. The van der Waals surface area contributed by atoms with Crippen LogP contribution in [0.25, 0.3) is 10.9 Å². The van der Waals surface area contributed by atoms with E-state index in [2.05, 4.69) is 51.4 Å². The molecular formula is C59H57N5O7. The number of hydrogen-bond donors (Lipinski definition) is 1. The largest absolute Gasteiger partial charge is 0.481 e. The summed E-state index contributed by atoms with van der Waals surface area (Å²) in [5.41, 5.74) is 6.83. The molecule has 12 heteroatoms. The molecular weight excluding hydrogens is 891 g/mol. The van der Waals surface area contributed by atoms with Crippen LogP contribution in [-0.2, 0) is 48.8 Å². The number of ether oxygens (including phenoxy) is 3. The van der Waals surface area contributed by atoms with Crippen LogP contribution < -0.4 is 4.74 Å². The Balaban J connectivity index is 0.000000221. The highest BCUT2D eigenvalue weighted by Gasteiger charge is 2.41. The third-order valence-electron chi connectivity index (χ3n) is 12.9. The van der Waals surface area contributed by atoms with Crippen molar-refractivity contribution in [2.24, 2.45) is 4.99 Å². The number of benzene rings is 5. The number of esters is 1. The second kappa shape index (κ2) is 22.1. The van der Waals surface area contributed by atoms with Gasteiger partial charge in [-0.2, -0.15) is 0 Å². The molecule has 0 saturated heterocycles. The van der Waals surface area contributed by atoms with Crippen molar-refractivity contribution >= 4 is 34.3 Å². The van der Waals surface area contributed by atoms with Gasteiger partial charge in [-0.3, -0.25) is 24.4 Å². The Morgan fingerprint density at radius 1 is 0.634 bits per heavy atom. The number of pyridine rings is 2. The molecule has 0 aliphatic carbocycles. The van der Waals surface area contributed by atoms with Gasteiger partial charge in [-0.1, -0.05) is 152 Å². The van der Waals surface area contributed by atoms with Gasteiger partial charge < -0.3 is 19.3 Å². The number of Topliss-reactive ketones (excluding diaryl/α,β-unsaturated/α-hetero) is 2. The molecule has 0 spiro atoms. The summed E-state index contributed by atoms with van der Waals surface area (Å²) >= 11 is 0. The summed E-state index contributed by atoms with van der Waals surface area (Å²) in [4.78, 5) is 52.1. The highest BCUT2D eigenvalue weighted by Crippen LogP contribution is 2.44. The molecule has 0 saturated carbocycles. The molecule has 2 atom stereocenters. The lowest BCUT2D eigenvalue weighted by atomic mass is 9.77. The zero-order valence-corrected chi connectivity index (χ0v) is 40.6. The minimum atomic E-state index is -0.983. The molecule has 0 unspecified atom stereocenters. The van der Waals surface area contributed by atoms with Crippen molar-refractivity contribution in [3.63, 3.8) is 0 Å². The number of aromatic nitrogens is 4. The van der Waals surface area contributed by atoms with Gasteiger partial charge in [-0.25, -0.2) is 9.67 Å². The first-order valence-electron chi connectivity index (χ1n) is 23.5. The van der Waals surface area contributed by atoms with Crippen LogP contribution in [-0.4, -0.2) is 75.2 Å². The standard InChI is InChI=1S/C38H33N3O4.C21H24N2O3/c1-44-36-34-26-39-31(23-32(42)25-33(37(43)45-2)27-15-7-3-8-16-27)24-35(34)41(40-36)38(28-17-9-4-10-18-28,29-19-11-5-12-20-29)30-21-13-6-14-22-30;1-21(2,25)19(14-7-5-4-6-8-14)11-17(24)10-16-9-15-12-23-20(26-3)18(15)13-22-16/h3-22,24,26,33H,23,25H2,1-2H3;4-9,13,19,25H,10-12H2,1-3H3/t33-;19-/m00/s1. The molecule has 0 bridgehead atoms. The molecule has 360 valence electrons. The fourth-order valence-electron chi connectivity index (χ4n) is 9.45. The number of carbonyl (C=O) groups excluding carboxylic acids is 3. The Labute approximate surface area is 414 Å². The Hall–Kier alpha value is -8.09. The van der Waals surface area contributed by atoms with Crippen LogP contribution in [0.15, 0.2) is 181 Å². The first-order valence-corrected chi connectivity index (χ1v) is 23.5. The van der Waals surface area contributed by atoms with Crippen LogP contribution in [0, 0.1) is 0 Å². The third kappa shape index (κ3) is 10.9. The Bertz CT molecular complexity index is 3020. The molecule has 9 rings (SSSR count).